The summed E-state index contributed by atoms with van der Waals surface area (Å²) in [5.74, 6) is 2.32. The van der Waals surface area contributed by atoms with Crippen LogP contribution < -0.4 is 0 Å². The van der Waals surface area contributed by atoms with Crippen LogP contribution in [0, 0.1) is 25.7 Å². The maximum Gasteiger partial charge on any atom is 0.118 e. The van der Waals surface area contributed by atoms with E-state index >= 15 is 0 Å². The van der Waals surface area contributed by atoms with E-state index in [1.54, 1.807) is 0 Å². The first kappa shape index (κ1) is 111. The average Bonchev–Trinajstić information content (AvgIpc) is 2.72. The van der Waals surface area contributed by atoms with E-state index in [-0.39, 0.29) is 155 Å². The first-order chi connectivity index (χ1) is 13.5. The Kier molecular flexibility index (Phi) is 114. The van der Waals surface area contributed by atoms with Crippen LogP contribution in [0.15, 0.2) is 48.6 Å². The molecule has 0 amide bonds. The molecule has 306 valence electrons. The van der Waals surface area contributed by atoms with Crippen LogP contribution in [0.25, 0.3) is 11.1 Å². The van der Waals surface area contributed by atoms with Gasteiger partial charge in [-0.2, -0.15) is 13.5 Å². The van der Waals surface area contributed by atoms with Gasteiger partial charge in [-0.25, -0.2) is 0 Å². The van der Waals surface area contributed by atoms with Crippen LogP contribution in [-0.4, -0.2) is 10.2 Å². The minimum atomic E-state index is 0. The lowest BCUT2D eigenvalue weighted by Gasteiger charge is -2.32. The number of benzene rings is 2. The van der Waals surface area contributed by atoms with Crippen molar-refractivity contribution >= 4 is 24.6 Å². The summed E-state index contributed by atoms with van der Waals surface area (Å²) in [6.07, 6.45) is 12.0. The minimum absolute atomic E-state index is 0. The third kappa shape index (κ3) is 25.8. The van der Waals surface area contributed by atoms with E-state index in [1.165, 1.54) is 48.0 Å². The largest absolute Gasteiger partial charge is 0.508 e. The van der Waals surface area contributed by atoms with Crippen LogP contribution in [0.5, 0.6) is 11.5 Å². The minimum Gasteiger partial charge on any atom is -0.508 e. The second-order valence-corrected chi connectivity index (χ2v) is 8.53. The lowest BCUT2D eigenvalue weighted by Crippen LogP contribution is -2.19. The number of hydrogen-bond donors (Lipinski definition) is 2. The Balaban J connectivity index is -0.0000000320. The lowest BCUT2D eigenvalue weighted by molar-refractivity contribution is 0.292. The quantitative estimate of drug-likeness (QED) is 0.333. The highest BCUT2D eigenvalue weighted by atomic mass is 32.1. The van der Waals surface area contributed by atoms with Crippen molar-refractivity contribution in [2.75, 3.05) is 0 Å². The van der Waals surface area contributed by atoms with Gasteiger partial charge in [-0.1, -0.05) is 165 Å². The number of phenolic OH excluding ortho intramolecular Hbond substituents is 2. The smallest absolute Gasteiger partial charge is 0.118 e. The molecule has 2 nitrogen and oxygen atoms in total. The predicted molar refractivity (Wildman–Crippen MR) is 255 cm³/mol. The number of hydrogen-bond acceptors (Lipinski definition) is 2. The molecule has 2 unspecified atom stereocenters. The van der Waals surface area contributed by atoms with E-state index in [0.29, 0.717) is 11.5 Å². The second-order valence-electron chi connectivity index (χ2n) is 8.53. The first-order valence-electron chi connectivity index (χ1n) is 10.5. The maximum atomic E-state index is 9.75. The molecule has 0 aromatic heterocycles. The number of phenols is 2. The average molecular weight is 713 g/mol. The zero-order valence-electron chi connectivity index (χ0n) is 17.4. The van der Waals surface area contributed by atoms with Crippen LogP contribution in [0.3, 0.4) is 0 Å². The van der Waals surface area contributed by atoms with Gasteiger partial charge in [0, 0.05) is 0 Å². The highest BCUT2D eigenvalue weighted by Crippen LogP contribution is 2.41. The summed E-state index contributed by atoms with van der Waals surface area (Å²) in [7, 11) is 0. The van der Waals surface area contributed by atoms with Crippen LogP contribution >= 0.6 is 13.5 Å². The Morgan fingerprint density at radius 2 is 0.688 bits per heavy atom. The second kappa shape index (κ2) is 49.3. The van der Waals surface area contributed by atoms with E-state index in [1.807, 2.05) is 38.1 Å². The Labute approximate surface area is 321 Å². The van der Waals surface area contributed by atoms with Crippen molar-refractivity contribution in [3.63, 3.8) is 0 Å². The number of aromatic hydroxyl groups is 2. The third-order valence-electron chi connectivity index (χ3n) is 6.70. The molecule has 2 aromatic rings. The molecule has 0 bridgehead atoms. The number of aryl methyl sites for hydroxylation is 2. The Morgan fingerprint density at radius 1 is 0.438 bits per heavy atom. The van der Waals surface area contributed by atoms with Crippen LogP contribution in [0.4, 0.5) is 0 Å². The molecule has 0 saturated heterocycles. The molecule has 2 aliphatic carbocycles. The van der Waals surface area contributed by atoms with Crippen LogP contribution in [0.2, 0.25) is 0 Å². The Hall–Kier alpha value is -2.13. The van der Waals surface area contributed by atoms with Crippen molar-refractivity contribution in [1.29, 1.82) is 0 Å². The molecule has 0 spiro atoms. The van der Waals surface area contributed by atoms with Crippen molar-refractivity contribution < 1.29 is 10.2 Å². The predicted octanol–water partition coefficient (Wildman–Crippen LogP) is 19.0. The summed E-state index contributed by atoms with van der Waals surface area (Å²) in [4.78, 5) is 0. The van der Waals surface area contributed by atoms with Gasteiger partial charge in [-0.3, -0.25) is 0 Å². The summed E-state index contributed by atoms with van der Waals surface area (Å²) < 4.78 is 0. The Bertz CT molecular complexity index is 866. The van der Waals surface area contributed by atoms with Crippen molar-refractivity contribution in [3.05, 3.63) is 70.8 Å². The van der Waals surface area contributed by atoms with Crippen molar-refractivity contribution in [1.82, 2.24) is 0 Å². The van der Waals surface area contributed by atoms with Crippen molar-refractivity contribution in [2.24, 2.45) is 11.8 Å². The highest BCUT2D eigenvalue weighted by molar-refractivity contribution is 7.59. The third-order valence-corrected chi connectivity index (χ3v) is 6.70. The monoisotopic (exact) mass is 713 g/mol. The summed E-state index contributed by atoms with van der Waals surface area (Å²) in [6.45, 7) is 3.93. The fourth-order valence-electron chi connectivity index (χ4n) is 4.80. The van der Waals surface area contributed by atoms with Gasteiger partial charge in [0.05, 0.1) is 0 Å². The summed E-state index contributed by atoms with van der Waals surface area (Å²) in [5.41, 5.74) is 7.31. The van der Waals surface area contributed by atoms with E-state index in [4.69, 9.17) is 0 Å². The van der Waals surface area contributed by atoms with E-state index in [2.05, 4.69) is 24.3 Å². The first-order valence-corrected chi connectivity index (χ1v) is 10.5. The lowest BCUT2D eigenvalue weighted by atomic mass is 9.73. The molecule has 0 aliphatic heterocycles. The highest BCUT2D eigenvalue weighted by Gasteiger charge is 2.26. The Morgan fingerprint density at radius 3 is 0.875 bits per heavy atom. The van der Waals surface area contributed by atoms with E-state index < -0.39 is 0 Å². The molecule has 2 aromatic carbocycles. The SMILES string of the molecule is C.C.C.C.C.C.C.C.C.C.C.C.C.C.C.C.C.C.C.Cc1cc(C2=CCC(C3CC=C(c4ccc(O)c(C)c4)CC3)CC2)ccc1O.S. The molecular formula is C45H108O2S. The van der Waals surface area contributed by atoms with Gasteiger partial charge >= 0.3 is 0 Å². The van der Waals surface area contributed by atoms with Gasteiger partial charge in [-0.05, 0) is 122 Å². The molecule has 0 heterocycles. The molecule has 2 aliphatic rings. The van der Waals surface area contributed by atoms with Gasteiger partial charge in [-0.15, -0.1) is 0 Å². The molecule has 0 fully saturated rings. The van der Waals surface area contributed by atoms with Crippen molar-refractivity contribution in [3.8, 4) is 11.5 Å². The summed E-state index contributed by atoms with van der Waals surface area (Å²) in [6, 6.07) is 11.9. The van der Waals surface area contributed by atoms with E-state index in [9.17, 15) is 10.2 Å². The molecule has 0 saturated carbocycles. The fourth-order valence-corrected chi connectivity index (χ4v) is 4.80. The molecule has 0 radical (unpaired) electrons. The zero-order chi connectivity index (χ0) is 19.7. The van der Waals surface area contributed by atoms with Gasteiger partial charge in [0.15, 0.2) is 0 Å². The van der Waals surface area contributed by atoms with Crippen molar-refractivity contribution in [2.45, 2.75) is 193 Å². The van der Waals surface area contributed by atoms with Gasteiger partial charge in [0.25, 0.3) is 0 Å². The number of rotatable bonds is 3. The maximum absolute atomic E-state index is 9.75. The molecule has 3 heteroatoms. The standard InChI is InChI=1S/C26H30O2.19CH4.H2S/c1-17-15-23(11-13-25(17)27)21-7-3-19(4-8-21)20-5-9-22(10-6-20)24-12-14-26(28)18(2)16-24;;;;;;;;;;;;;;;;;;;;/h7,9,11-16,19-20,27-28H,3-6,8,10H2,1-2H3;19*1H4;1H2. The molecule has 4 rings (SSSR count). The van der Waals surface area contributed by atoms with Gasteiger partial charge < -0.3 is 10.2 Å². The molecule has 48 heavy (non-hydrogen) atoms. The molecule has 2 atom stereocenters. The normalized spacial score (nSPS) is 13.1. The molecular weight excluding hydrogens is 605 g/mol. The summed E-state index contributed by atoms with van der Waals surface area (Å²) >= 11 is 0. The van der Waals surface area contributed by atoms with Crippen LogP contribution in [0.1, 0.15) is 202 Å². The fraction of sp³-hybridized carbons (Fsp3) is 0.644. The summed E-state index contributed by atoms with van der Waals surface area (Å²) in [5, 5.41) is 19.5. The van der Waals surface area contributed by atoms with Gasteiger partial charge in [0.2, 0.25) is 0 Å². The zero-order valence-corrected chi connectivity index (χ0v) is 18.4. The van der Waals surface area contributed by atoms with E-state index in [0.717, 1.165) is 35.8 Å². The van der Waals surface area contributed by atoms with Crippen LogP contribution in [-0.2, 0) is 0 Å². The topological polar surface area (TPSA) is 40.5 Å². The molecule has 2 N–H and O–H groups in total. The van der Waals surface area contributed by atoms with Gasteiger partial charge in [0.1, 0.15) is 11.5 Å². The number of allylic oxidation sites excluding steroid dienone is 4.